The van der Waals surface area contributed by atoms with Crippen molar-refractivity contribution in [1.29, 1.82) is 5.26 Å². The molecule has 5 atom stereocenters. The van der Waals surface area contributed by atoms with Gasteiger partial charge in [-0.15, -0.1) is 0 Å². The van der Waals surface area contributed by atoms with E-state index in [4.69, 9.17) is 9.47 Å². The molecule has 0 radical (unpaired) electrons. The van der Waals surface area contributed by atoms with Gasteiger partial charge in [-0.2, -0.15) is 5.26 Å². The maximum Gasteiger partial charge on any atom is 0.346 e. The van der Waals surface area contributed by atoms with Gasteiger partial charge in [-0.25, -0.2) is 9.59 Å². The van der Waals surface area contributed by atoms with Gasteiger partial charge in [0.25, 0.3) is 5.56 Å². The standard InChI is InChI=1S/C28H28N4O9/c29-15-28(19-6-1-3-9-30-19)7-11-31(12-8-28)14-16-13-17(24(36)32-10-4-2-5-18(16)32)26(39)41-27-22(35)20(33)21(34)23(40-27)25(37)38/h1-6,9-10,13,20-23,27,33-35H,7-8,11-12,14H2,(H,37,38)/t20-,21-,22+,23-,27-/m0/s1. The van der Waals surface area contributed by atoms with Crippen LogP contribution in [0.2, 0.25) is 0 Å². The number of hydrogen-bond acceptors (Lipinski definition) is 11. The molecular weight excluding hydrogens is 536 g/mol. The second-order valence-electron chi connectivity index (χ2n) is 10.2. The van der Waals surface area contributed by atoms with Crippen LogP contribution in [-0.4, -0.2) is 90.4 Å². The van der Waals surface area contributed by atoms with Crippen molar-refractivity contribution < 1.29 is 39.5 Å². The van der Waals surface area contributed by atoms with Crippen LogP contribution < -0.4 is 5.56 Å². The van der Waals surface area contributed by atoms with E-state index in [1.165, 1.54) is 16.7 Å². The highest BCUT2D eigenvalue weighted by molar-refractivity contribution is 5.90. The SMILES string of the molecule is N#CC1(c2ccccn2)CCN(Cc2cc(C(=O)O[C@@H]3O[C@H](C(=O)O)[C@@H](O)[C@H](O)[C@H]3O)c(=O)n3ccccc23)CC1. The fourth-order valence-electron chi connectivity index (χ4n) is 5.32. The van der Waals surface area contributed by atoms with Crippen LogP contribution >= 0.6 is 0 Å². The maximum atomic E-state index is 13.2. The molecule has 3 aromatic rings. The van der Waals surface area contributed by atoms with Gasteiger partial charge < -0.3 is 29.9 Å². The third-order valence-electron chi connectivity index (χ3n) is 7.69. The van der Waals surface area contributed by atoms with Gasteiger partial charge >= 0.3 is 11.9 Å². The lowest BCUT2D eigenvalue weighted by Crippen LogP contribution is -2.60. The van der Waals surface area contributed by atoms with E-state index in [9.17, 15) is 40.1 Å². The summed E-state index contributed by atoms with van der Waals surface area (Å²) < 4.78 is 11.4. The van der Waals surface area contributed by atoms with E-state index >= 15 is 0 Å². The van der Waals surface area contributed by atoms with Crippen LogP contribution in [0.25, 0.3) is 5.52 Å². The number of aliphatic hydroxyl groups is 3. The first kappa shape index (κ1) is 28.3. The summed E-state index contributed by atoms with van der Waals surface area (Å²) in [5, 5.41) is 49.4. The molecule has 13 nitrogen and oxygen atoms in total. The van der Waals surface area contributed by atoms with Crippen LogP contribution in [0.5, 0.6) is 0 Å². The molecule has 2 aliphatic heterocycles. The average Bonchev–Trinajstić information content (AvgIpc) is 2.99. The minimum atomic E-state index is -1.97. The highest BCUT2D eigenvalue weighted by Crippen LogP contribution is 2.34. The molecule has 41 heavy (non-hydrogen) atoms. The van der Waals surface area contributed by atoms with Gasteiger partial charge in [0.2, 0.25) is 6.29 Å². The zero-order chi connectivity index (χ0) is 29.3. The number of carbonyl (C=O) groups is 2. The number of pyridine rings is 3. The Kier molecular flexibility index (Phi) is 7.85. The molecule has 0 saturated carbocycles. The maximum absolute atomic E-state index is 13.2. The van der Waals surface area contributed by atoms with E-state index in [2.05, 4.69) is 16.0 Å². The van der Waals surface area contributed by atoms with Crippen molar-refractivity contribution >= 4 is 17.5 Å². The normalized spacial score (nSPS) is 26.2. The number of ether oxygens (including phenoxy) is 2. The van der Waals surface area contributed by atoms with Gasteiger partial charge in [-0.3, -0.25) is 19.1 Å². The minimum Gasteiger partial charge on any atom is -0.479 e. The van der Waals surface area contributed by atoms with E-state index < -0.39 is 59.2 Å². The van der Waals surface area contributed by atoms with Crippen molar-refractivity contribution in [3.05, 3.63) is 82.0 Å². The lowest BCUT2D eigenvalue weighted by Gasteiger charge is -2.38. The second-order valence-corrected chi connectivity index (χ2v) is 10.2. The van der Waals surface area contributed by atoms with Gasteiger partial charge in [-0.05, 0) is 48.7 Å². The Morgan fingerprint density at radius 3 is 2.49 bits per heavy atom. The number of nitriles is 1. The number of carbonyl (C=O) groups excluding carboxylic acids is 1. The number of nitrogens with zero attached hydrogens (tertiary/aromatic N) is 4. The molecule has 0 aromatic carbocycles. The van der Waals surface area contributed by atoms with Gasteiger partial charge in [0, 0.05) is 32.0 Å². The van der Waals surface area contributed by atoms with Crippen LogP contribution in [-0.2, 0) is 26.2 Å². The van der Waals surface area contributed by atoms with E-state index in [-0.39, 0.29) is 0 Å². The highest BCUT2D eigenvalue weighted by atomic mass is 16.7. The minimum absolute atomic E-state index is 0.340. The molecule has 3 aromatic heterocycles. The van der Waals surface area contributed by atoms with Gasteiger partial charge in [0.1, 0.15) is 29.3 Å². The molecule has 2 fully saturated rings. The molecule has 2 saturated heterocycles. The van der Waals surface area contributed by atoms with E-state index in [0.29, 0.717) is 43.6 Å². The molecule has 0 amide bonds. The lowest BCUT2D eigenvalue weighted by atomic mass is 9.76. The largest absolute Gasteiger partial charge is 0.479 e. The summed E-state index contributed by atoms with van der Waals surface area (Å²) in [5.41, 5.74) is 0.0579. The number of esters is 1. The van der Waals surface area contributed by atoms with Crippen molar-refractivity contribution in [1.82, 2.24) is 14.3 Å². The number of aliphatic carboxylic acids is 1. The fourth-order valence-corrected chi connectivity index (χ4v) is 5.32. The van der Waals surface area contributed by atoms with E-state index in [0.717, 1.165) is 5.69 Å². The van der Waals surface area contributed by atoms with Crippen LogP contribution in [0, 0.1) is 11.3 Å². The van der Waals surface area contributed by atoms with Crippen molar-refractivity contribution in [2.75, 3.05) is 13.1 Å². The highest BCUT2D eigenvalue weighted by Gasteiger charge is 2.49. The molecule has 0 aliphatic carbocycles. The van der Waals surface area contributed by atoms with Crippen molar-refractivity contribution in [2.45, 2.75) is 55.5 Å². The number of aromatic nitrogens is 2. The van der Waals surface area contributed by atoms with Crippen molar-refractivity contribution in [3.8, 4) is 6.07 Å². The Morgan fingerprint density at radius 2 is 1.83 bits per heavy atom. The molecular formula is C28H28N4O9. The first-order chi connectivity index (χ1) is 19.6. The Bertz CT molecular complexity index is 1550. The topological polar surface area (TPSA) is 195 Å². The van der Waals surface area contributed by atoms with Gasteiger partial charge in [0.05, 0.1) is 17.3 Å². The number of piperidine rings is 1. The predicted octanol–water partition coefficient (Wildman–Crippen LogP) is -0.199. The summed E-state index contributed by atoms with van der Waals surface area (Å²) in [6, 6.07) is 14.4. The first-order valence-corrected chi connectivity index (χ1v) is 13.0. The molecule has 4 N–H and O–H groups in total. The van der Waals surface area contributed by atoms with Crippen molar-refractivity contribution in [3.63, 3.8) is 0 Å². The Balaban J connectivity index is 1.39. The second kappa shape index (κ2) is 11.4. The Labute approximate surface area is 233 Å². The zero-order valence-corrected chi connectivity index (χ0v) is 21.7. The lowest BCUT2D eigenvalue weighted by molar-refractivity contribution is -0.278. The molecule has 0 unspecified atom stereocenters. The third-order valence-corrected chi connectivity index (χ3v) is 7.69. The summed E-state index contributed by atoms with van der Waals surface area (Å²) >= 11 is 0. The fraction of sp³-hybridized carbons (Fsp3) is 0.393. The van der Waals surface area contributed by atoms with Gasteiger partial charge in [0.15, 0.2) is 6.10 Å². The Hall–Kier alpha value is -4.19. The third kappa shape index (κ3) is 5.31. The molecule has 5 rings (SSSR count). The smallest absolute Gasteiger partial charge is 0.346 e. The molecule has 0 bridgehead atoms. The Morgan fingerprint density at radius 1 is 1.10 bits per heavy atom. The van der Waals surface area contributed by atoms with E-state index in [1.54, 1.807) is 30.5 Å². The first-order valence-electron chi connectivity index (χ1n) is 13.0. The summed E-state index contributed by atoms with van der Waals surface area (Å²) in [6.45, 7) is 1.45. The number of carboxylic acids is 1. The molecule has 13 heteroatoms. The van der Waals surface area contributed by atoms with Crippen LogP contribution in [0.4, 0.5) is 0 Å². The van der Waals surface area contributed by atoms with Crippen LogP contribution in [0.15, 0.2) is 59.7 Å². The number of carboxylic acid groups (broad SMARTS) is 1. The molecule has 0 spiro atoms. The summed E-state index contributed by atoms with van der Waals surface area (Å²) in [5.74, 6) is -2.84. The van der Waals surface area contributed by atoms with Crippen LogP contribution in [0.3, 0.4) is 0 Å². The predicted molar refractivity (Wildman–Crippen MR) is 139 cm³/mol. The number of likely N-dealkylation sites (tertiary alicyclic amines) is 1. The molecule has 5 heterocycles. The summed E-state index contributed by atoms with van der Waals surface area (Å²) in [6.07, 6.45) is -5.58. The number of hydrogen-bond donors (Lipinski definition) is 4. The van der Waals surface area contributed by atoms with Crippen molar-refractivity contribution in [2.24, 2.45) is 0 Å². The molecule has 214 valence electrons. The summed E-state index contributed by atoms with van der Waals surface area (Å²) in [7, 11) is 0. The zero-order valence-electron chi connectivity index (χ0n) is 21.7. The monoisotopic (exact) mass is 564 g/mol. The number of rotatable bonds is 6. The number of aliphatic hydroxyl groups excluding tert-OH is 3. The van der Waals surface area contributed by atoms with E-state index in [1.807, 2.05) is 12.1 Å². The van der Waals surface area contributed by atoms with Crippen LogP contribution in [0.1, 0.15) is 34.5 Å². The number of fused-ring (bicyclic) bond motifs is 1. The summed E-state index contributed by atoms with van der Waals surface area (Å²) in [4.78, 5) is 44.3. The average molecular weight is 565 g/mol. The quantitative estimate of drug-likeness (QED) is 0.288. The molecule has 2 aliphatic rings. The van der Waals surface area contributed by atoms with Gasteiger partial charge in [-0.1, -0.05) is 12.1 Å².